The lowest BCUT2D eigenvalue weighted by molar-refractivity contribution is 0.102. The molecule has 2 rings (SSSR count). The molecule has 0 unspecified atom stereocenters. The van der Waals surface area contributed by atoms with Crippen molar-refractivity contribution < 1.29 is 9.90 Å². The number of hydrogen-bond donors (Lipinski definition) is 4. The quantitative estimate of drug-likeness (QED) is 0.627. The minimum atomic E-state index is -0.297. The van der Waals surface area contributed by atoms with Crippen molar-refractivity contribution >= 4 is 23.0 Å². The second kappa shape index (κ2) is 5.41. The highest BCUT2D eigenvalue weighted by Gasteiger charge is 2.09. The topological polar surface area (TPSA) is 101 Å². The zero-order chi connectivity index (χ0) is 13.8. The number of carbonyl (C=O) groups excluding carboxylic acids is 1. The Morgan fingerprint density at radius 2 is 1.79 bits per heavy atom. The van der Waals surface area contributed by atoms with Crippen LogP contribution in [-0.4, -0.2) is 11.0 Å². The Kier molecular flexibility index (Phi) is 3.68. The summed E-state index contributed by atoms with van der Waals surface area (Å²) in [6.07, 6.45) is 0. The summed E-state index contributed by atoms with van der Waals surface area (Å²) in [5.41, 5.74) is 14.0. The predicted octanol–water partition coefficient (Wildman–Crippen LogP) is 1.60. The molecular weight excluding hydrogens is 242 g/mol. The summed E-state index contributed by atoms with van der Waals surface area (Å²) in [6.45, 7) is -0.0286. The van der Waals surface area contributed by atoms with Gasteiger partial charge in [-0.05, 0) is 35.9 Å². The molecule has 2 aromatic carbocycles. The van der Waals surface area contributed by atoms with Gasteiger partial charge in [0.25, 0.3) is 5.91 Å². The van der Waals surface area contributed by atoms with Crippen LogP contribution in [-0.2, 0) is 6.61 Å². The Hall–Kier alpha value is -2.53. The van der Waals surface area contributed by atoms with Gasteiger partial charge in [-0.2, -0.15) is 0 Å². The van der Waals surface area contributed by atoms with E-state index in [2.05, 4.69) is 5.32 Å². The van der Waals surface area contributed by atoms with E-state index in [4.69, 9.17) is 16.6 Å². The van der Waals surface area contributed by atoms with Crippen LogP contribution in [0.25, 0.3) is 0 Å². The first-order valence-corrected chi connectivity index (χ1v) is 5.76. The number of nitrogens with two attached hydrogens (primary N) is 2. The normalized spacial score (nSPS) is 10.2. The number of aliphatic hydroxyl groups excluding tert-OH is 1. The Labute approximate surface area is 110 Å². The molecule has 19 heavy (non-hydrogen) atoms. The molecule has 98 valence electrons. The van der Waals surface area contributed by atoms with E-state index in [1.54, 1.807) is 42.5 Å². The van der Waals surface area contributed by atoms with Crippen molar-refractivity contribution in [3.63, 3.8) is 0 Å². The van der Waals surface area contributed by atoms with Gasteiger partial charge in [0.05, 0.1) is 12.2 Å². The number of aliphatic hydroxyl groups is 1. The average molecular weight is 257 g/mol. The van der Waals surface area contributed by atoms with Crippen molar-refractivity contribution in [2.75, 3.05) is 16.8 Å². The number of anilines is 3. The highest BCUT2D eigenvalue weighted by Crippen LogP contribution is 2.18. The Balaban J connectivity index is 2.15. The number of amides is 1. The average Bonchev–Trinajstić information content (AvgIpc) is 2.39. The third kappa shape index (κ3) is 3.02. The van der Waals surface area contributed by atoms with Crippen LogP contribution in [0.4, 0.5) is 17.1 Å². The highest BCUT2D eigenvalue weighted by atomic mass is 16.3. The van der Waals surface area contributed by atoms with Crippen LogP contribution in [0.1, 0.15) is 15.9 Å². The molecule has 0 spiro atoms. The van der Waals surface area contributed by atoms with Crippen molar-refractivity contribution in [3.05, 3.63) is 53.6 Å². The van der Waals surface area contributed by atoms with Crippen molar-refractivity contribution in [3.8, 4) is 0 Å². The zero-order valence-electron chi connectivity index (χ0n) is 10.3. The number of rotatable bonds is 3. The summed E-state index contributed by atoms with van der Waals surface area (Å²) < 4.78 is 0. The maximum Gasteiger partial charge on any atom is 0.257 e. The fraction of sp³-hybridized carbons (Fsp3) is 0.0714. The van der Waals surface area contributed by atoms with Gasteiger partial charge in [-0.15, -0.1) is 0 Å². The lowest BCUT2D eigenvalue weighted by Gasteiger charge is -2.08. The van der Waals surface area contributed by atoms with Crippen molar-refractivity contribution in [2.45, 2.75) is 6.61 Å². The van der Waals surface area contributed by atoms with Crippen LogP contribution in [0.15, 0.2) is 42.5 Å². The second-order valence-electron chi connectivity index (χ2n) is 4.16. The summed E-state index contributed by atoms with van der Waals surface area (Å²) in [6, 6.07) is 11.7. The molecule has 0 aliphatic heterocycles. The van der Waals surface area contributed by atoms with Gasteiger partial charge in [-0.3, -0.25) is 4.79 Å². The minimum absolute atomic E-state index is 0.0286. The maximum atomic E-state index is 12.0. The standard InChI is InChI=1S/C14H15N3O2/c15-10-3-6-12(13(16)7-10)14(19)17-11-4-1-9(8-18)2-5-11/h1-7,18H,8,15-16H2,(H,17,19). The molecule has 6 N–H and O–H groups in total. The van der Waals surface area contributed by atoms with Gasteiger partial charge >= 0.3 is 0 Å². The smallest absolute Gasteiger partial charge is 0.257 e. The molecule has 0 radical (unpaired) electrons. The first-order valence-electron chi connectivity index (χ1n) is 5.76. The van der Waals surface area contributed by atoms with E-state index in [0.29, 0.717) is 22.6 Å². The summed E-state index contributed by atoms with van der Waals surface area (Å²) in [7, 11) is 0. The fourth-order valence-corrected chi connectivity index (χ4v) is 1.68. The van der Waals surface area contributed by atoms with Crippen LogP contribution in [0.3, 0.4) is 0 Å². The summed E-state index contributed by atoms with van der Waals surface area (Å²) in [5, 5.41) is 11.7. The van der Waals surface area contributed by atoms with Gasteiger partial charge in [-0.1, -0.05) is 12.1 Å². The molecular formula is C14H15N3O2. The largest absolute Gasteiger partial charge is 0.399 e. The van der Waals surface area contributed by atoms with Gasteiger partial charge in [0, 0.05) is 17.1 Å². The molecule has 1 amide bonds. The van der Waals surface area contributed by atoms with Gasteiger partial charge in [0.15, 0.2) is 0 Å². The third-order valence-electron chi connectivity index (χ3n) is 2.71. The number of benzene rings is 2. The molecule has 5 heteroatoms. The minimum Gasteiger partial charge on any atom is -0.399 e. The molecule has 0 atom stereocenters. The molecule has 0 bridgehead atoms. The van der Waals surface area contributed by atoms with Gasteiger partial charge < -0.3 is 21.9 Å². The molecule has 0 fully saturated rings. The number of carbonyl (C=O) groups is 1. The molecule has 0 saturated carbocycles. The Morgan fingerprint density at radius 1 is 1.11 bits per heavy atom. The first kappa shape index (κ1) is 12.9. The predicted molar refractivity (Wildman–Crippen MR) is 75.6 cm³/mol. The van der Waals surface area contributed by atoms with E-state index in [-0.39, 0.29) is 12.5 Å². The van der Waals surface area contributed by atoms with Crippen LogP contribution in [0.5, 0.6) is 0 Å². The molecule has 0 aromatic heterocycles. The summed E-state index contributed by atoms with van der Waals surface area (Å²) in [5.74, 6) is -0.297. The second-order valence-corrected chi connectivity index (χ2v) is 4.16. The zero-order valence-corrected chi connectivity index (χ0v) is 10.3. The van der Waals surface area contributed by atoms with E-state index >= 15 is 0 Å². The highest BCUT2D eigenvalue weighted by molar-refractivity contribution is 6.08. The lowest BCUT2D eigenvalue weighted by atomic mass is 10.1. The summed E-state index contributed by atoms with van der Waals surface area (Å²) >= 11 is 0. The van der Waals surface area contributed by atoms with Crippen molar-refractivity contribution in [2.24, 2.45) is 0 Å². The molecule has 0 heterocycles. The van der Waals surface area contributed by atoms with Crippen LogP contribution < -0.4 is 16.8 Å². The third-order valence-corrected chi connectivity index (χ3v) is 2.71. The molecule has 5 nitrogen and oxygen atoms in total. The Morgan fingerprint density at radius 3 is 2.37 bits per heavy atom. The van der Waals surface area contributed by atoms with Crippen molar-refractivity contribution in [1.29, 1.82) is 0 Å². The van der Waals surface area contributed by atoms with E-state index in [9.17, 15) is 4.79 Å². The fourth-order valence-electron chi connectivity index (χ4n) is 1.68. The molecule has 0 saturated heterocycles. The molecule has 0 aliphatic carbocycles. The number of nitrogen functional groups attached to an aromatic ring is 2. The number of hydrogen-bond acceptors (Lipinski definition) is 4. The van der Waals surface area contributed by atoms with Gasteiger partial charge in [-0.25, -0.2) is 0 Å². The van der Waals surface area contributed by atoms with Crippen LogP contribution in [0, 0.1) is 0 Å². The summed E-state index contributed by atoms with van der Waals surface area (Å²) in [4.78, 5) is 12.0. The molecule has 0 aliphatic rings. The van der Waals surface area contributed by atoms with Crippen molar-refractivity contribution in [1.82, 2.24) is 0 Å². The van der Waals surface area contributed by atoms with Crippen LogP contribution >= 0.6 is 0 Å². The maximum absolute atomic E-state index is 12.0. The SMILES string of the molecule is Nc1ccc(C(=O)Nc2ccc(CO)cc2)c(N)c1. The van der Waals surface area contributed by atoms with Gasteiger partial charge in [0.2, 0.25) is 0 Å². The number of nitrogens with one attached hydrogen (secondary N) is 1. The van der Waals surface area contributed by atoms with E-state index in [0.717, 1.165) is 5.56 Å². The Bertz CT molecular complexity index is 594. The van der Waals surface area contributed by atoms with E-state index in [1.807, 2.05) is 0 Å². The molecule has 2 aromatic rings. The van der Waals surface area contributed by atoms with E-state index < -0.39 is 0 Å². The van der Waals surface area contributed by atoms with E-state index in [1.165, 1.54) is 0 Å². The monoisotopic (exact) mass is 257 g/mol. The first-order chi connectivity index (χ1) is 9.10. The van der Waals surface area contributed by atoms with Gasteiger partial charge in [0.1, 0.15) is 0 Å². The van der Waals surface area contributed by atoms with Crippen LogP contribution in [0.2, 0.25) is 0 Å². The lowest BCUT2D eigenvalue weighted by Crippen LogP contribution is -2.14.